The summed E-state index contributed by atoms with van der Waals surface area (Å²) in [6, 6.07) is 12.6. The van der Waals surface area contributed by atoms with E-state index in [0.717, 1.165) is 15.6 Å². The first-order valence-corrected chi connectivity index (χ1v) is 7.63. The van der Waals surface area contributed by atoms with Crippen molar-refractivity contribution >= 4 is 22.6 Å². The third-order valence-corrected chi connectivity index (χ3v) is 3.78. The standard InChI is InChI=1S/C16H17FINO/c1-2-13(19)9-11-3-8-16(15(17)10-11)20-14-6-4-12(18)5-7-14/h3-8,10,13H,2,9,19H2,1H3. The summed E-state index contributed by atoms with van der Waals surface area (Å²) in [6.07, 6.45) is 1.56. The number of nitrogens with two attached hydrogens (primary N) is 1. The van der Waals surface area contributed by atoms with E-state index in [4.69, 9.17) is 10.5 Å². The normalized spacial score (nSPS) is 12.2. The highest BCUT2D eigenvalue weighted by molar-refractivity contribution is 14.1. The SMILES string of the molecule is CCC(N)Cc1ccc(Oc2ccc(I)cc2)c(F)c1. The molecule has 2 nitrogen and oxygen atoms in total. The summed E-state index contributed by atoms with van der Waals surface area (Å²) >= 11 is 2.21. The maximum Gasteiger partial charge on any atom is 0.165 e. The van der Waals surface area contributed by atoms with E-state index in [9.17, 15) is 4.39 Å². The summed E-state index contributed by atoms with van der Waals surface area (Å²) in [5, 5.41) is 0. The molecule has 0 saturated heterocycles. The lowest BCUT2D eigenvalue weighted by atomic mass is 10.0. The van der Waals surface area contributed by atoms with E-state index in [1.54, 1.807) is 6.07 Å². The Morgan fingerprint density at radius 3 is 2.50 bits per heavy atom. The molecule has 20 heavy (non-hydrogen) atoms. The van der Waals surface area contributed by atoms with E-state index in [-0.39, 0.29) is 17.6 Å². The number of benzene rings is 2. The molecule has 4 heteroatoms. The number of rotatable bonds is 5. The van der Waals surface area contributed by atoms with Crippen LogP contribution in [0.15, 0.2) is 42.5 Å². The van der Waals surface area contributed by atoms with E-state index in [1.165, 1.54) is 6.07 Å². The molecule has 0 aromatic heterocycles. The second-order valence-corrected chi connectivity index (χ2v) is 5.94. The fourth-order valence-corrected chi connectivity index (χ4v) is 2.19. The van der Waals surface area contributed by atoms with Crippen LogP contribution in [0.1, 0.15) is 18.9 Å². The fraction of sp³-hybridized carbons (Fsp3) is 0.250. The van der Waals surface area contributed by atoms with Gasteiger partial charge >= 0.3 is 0 Å². The van der Waals surface area contributed by atoms with Crippen molar-refractivity contribution in [3.63, 3.8) is 0 Å². The first kappa shape index (κ1) is 15.3. The second kappa shape index (κ2) is 7.04. The van der Waals surface area contributed by atoms with Gasteiger partial charge in [-0.1, -0.05) is 13.0 Å². The average molecular weight is 385 g/mol. The van der Waals surface area contributed by atoms with Crippen molar-refractivity contribution in [3.05, 3.63) is 57.4 Å². The van der Waals surface area contributed by atoms with Crippen molar-refractivity contribution in [2.24, 2.45) is 5.73 Å². The van der Waals surface area contributed by atoms with Crippen molar-refractivity contribution in [2.75, 3.05) is 0 Å². The van der Waals surface area contributed by atoms with Crippen molar-refractivity contribution in [2.45, 2.75) is 25.8 Å². The van der Waals surface area contributed by atoms with Crippen LogP contribution in [-0.4, -0.2) is 6.04 Å². The van der Waals surface area contributed by atoms with Crippen molar-refractivity contribution in [3.8, 4) is 11.5 Å². The molecule has 0 heterocycles. The van der Waals surface area contributed by atoms with Gasteiger partial charge in [-0.3, -0.25) is 0 Å². The van der Waals surface area contributed by atoms with Crippen LogP contribution in [0.2, 0.25) is 0 Å². The summed E-state index contributed by atoms with van der Waals surface area (Å²) in [4.78, 5) is 0. The van der Waals surface area contributed by atoms with Gasteiger partial charge in [0.1, 0.15) is 5.75 Å². The summed E-state index contributed by atoms with van der Waals surface area (Å²) in [5.41, 5.74) is 6.77. The van der Waals surface area contributed by atoms with Crippen LogP contribution in [0, 0.1) is 9.39 Å². The van der Waals surface area contributed by atoms with Gasteiger partial charge in [0.2, 0.25) is 0 Å². The zero-order valence-electron chi connectivity index (χ0n) is 11.3. The van der Waals surface area contributed by atoms with Gasteiger partial charge in [-0.2, -0.15) is 0 Å². The van der Waals surface area contributed by atoms with Gasteiger partial charge in [0.05, 0.1) is 0 Å². The molecule has 0 aliphatic heterocycles. The molecule has 2 N–H and O–H groups in total. The van der Waals surface area contributed by atoms with Crippen molar-refractivity contribution in [1.82, 2.24) is 0 Å². The van der Waals surface area contributed by atoms with Gasteiger partial charge < -0.3 is 10.5 Å². The first-order valence-electron chi connectivity index (χ1n) is 6.56. The third-order valence-electron chi connectivity index (χ3n) is 3.06. The number of hydrogen-bond donors (Lipinski definition) is 1. The van der Waals surface area contributed by atoms with E-state index < -0.39 is 0 Å². The van der Waals surface area contributed by atoms with Crippen LogP contribution in [0.25, 0.3) is 0 Å². The Morgan fingerprint density at radius 2 is 1.90 bits per heavy atom. The lowest BCUT2D eigenvalue weighted by molar-refractivity contribution is 0.441. The topological polar surface area (TPSA) is 35.2 Å². The molecule has 0 aliphatic rings. The fourth-order valence-electron chi connectivity index (χ4n) is 1.83. The van der Waals surface area contributed by atoms with Gasteiger partial charge in [-0.25, -0.2) is 4.39 Å². The molecule has 0 saturated carbocycles. The molecular weight excluding hydrogens is 368 g/mol. The molecule has 2 aromatic carbocycles. The number of hydrogen-bond acceptors (Lipinski definition) is 2. The molecule has 0 spiro atoms. The first-order chi connectivity index (χ1) is 9.58. The van der Waals surface area contributed by atoms with Crippen LogP contribution in [0.4, 0.5) is 4.39 Å². The monoisotopic (exact) mass is 385 g/mol. The lowest BCUT2D eigenvalue weighted by Crippen LogP contribution is -2.21. The molecule has 0 fully saturated rings. The van der Waals surface area contributed by atoms with E-state index in [0.29, 0.717) is 12.2 Å². The van der Waals surface area contributed by atoms with Crippen LogP contribution in [0.5, 0.6) is 11.5 Å². The van der Waals surface area contributed by atoms with Crippen molar-refractivity contribution in [1.29, 1.82) is 0 Å². The minimum atomic E-state index is -0.357. The summed E-state index contributed by atoms with van der Waals surface area (Å²) in [6.45, 7) is 2.02. The Morgan fingerprint density at radius 1 is 1.20 bits per heavy atom. The minimum Gasteiger partial charge on any atom is -0.454 e. The molecule has 0 aliphatic carbocycles. The summed E-state index contributed by atoms with van der Waals surface area (Å²) < 4.78 is 20.7. The molecule has 0 bridgehead atoms. The highest BCUT2D eigenvalue weighted by atomic mass is 127. The molecule has 0 amide bonds. The molecule has 0 radical (unpaired) electrons. The molecule has 1 atom stereocenters. The third kappa shape index (κ3) is 4.18. The van der Waals surface area contributed by atoms with Gasteiger partial charge in [0, 0.05) is 9.61 Å². The molecule has 1 unspecified atom stereocenters. The average Bonchev–Trinajstić information content (AvgIpc) is 2.44. The van der Waals surface area contributed by atoms with E-state index >= 15 is 0 Å². The molecule has 2 aromatic rings. The molecule has 106 valence electrons. The van der Waals surface area contributed by atoms with E-state index in [1.807, 2.05) is 37.3 Å². The van der Waals surface area contributed by atoms with Gasteiger partial charge in [0.15, 0.2) is 11.6 Å². The predicted octanol–water partition coefficient (Wildman–Crippen LogP) is 4.50. The summed E-state index contributed by atoms with van der Waals surface area (Å²) in [7, 11) is 0. The molecular formula is C16H17FINO. The van der Waals surface area contributed by atoms with Crippen LogP contribution in [0.3, 0.4) is 0 Å². The molecule has 2 rings (SSSR count). The van der Waals surface area contributed by atoms with Crippen LogP contribution >= 0.6 is 22.6 Å². The Hall–Kier alpha value is -1.14. The highest BCUT2D eigenvalue weighted by Crippen LogP contribution is 2.26. The Kier molecular flexibility index (Phi) is 5.37. The quantitative estimate of drug-likeness (QED) is 0.770. The summed E-state index contributed by atoms with van der Waals surface area (Å²) in [5.74, 6) is 0.506. The predicted molar refractivity (Wildman–Crippen MR) is 87.6 cm³/mol. The minimum absolute atomic E-state index is 0.0670. The second-order valence-electron chi connectivity index (χ2n) is 4.69. The lowest BCUT2D eigenvalue weighted by Gasteiger charge is -2.11. The zero-order chi connectivity index (χ0) is 14.5. The van der Waals surface area contributed by atoms with Crippen LogP contribution < -0.4 is 10.5 Å². The Labute approximate surface area is 132 Å². The smallest absolute Gasteiger partial charge is 0.165 e. The maximum absolute atomic E-state index is 14.0. The number of halogens is 2. The van der Waals surface area contributed by atoms with Crippen molar-refractivity contribution < 1.29 is 9.13 Å². The number of ether oxygens (including phenoxy) is 1. The van der Waals surface area contributed by atoms with E-state index in [2.05, 4.69) is 22.6 Å². The highest BCUT2D eigenvalue weighted by Gasteiger charge is 2.08. The Balaban J connectivity index is 2.11. The van der Waals surface area contributed by atoms with Gasteiger partial charge in [0.25, 0.3) is 0 Å². The Bertz CT molecular complexity index is 571. The van der Waals surface area contributed by atoms with Gasteiger partial charge in [-0.05, 0) is 77.4 Å². The maximum atomic E-state index is 14.0. The zero-order valence-corrected chi connectivity index (χ0v) is 13.4. The largest absolute Gasteiger partial charge is 0.454 e. The van der Waals surface area contributed by atoms with Gasteiger partial charge in [-0.15, -0.1) is 0 Å². The van der Waals surface area contributed by atoms with Crippen LogP contribution in [-0.2, 0) is 6.42 Å².